The highest BCUT2D eigenvalue weighted by atomic mass is 32.1. The lowest BCUT2D eigenvalue weighted by Crippen LogP contribution is -2.30. The van der Waals surface area contributed by atoms with E-state index in [4.69, 9.17) is 4.42 Å². The summed E-state index contributed by atoms with van der Waals surface area (Å²) in [6.45, 7) is 4.12. The van der Waals surface area contributed by atoms with Crippen LogP contribution in [0.15, 0.2) is 22.6 Å². The van der Waals surface area contributed by atoms with Gasteiger partial charge in [-0.2, -0.15) is 0 Å². The number of carbonyl (C=O) groups is 3. The number of aryl methyl sites for hydroxylation is 2. The molecule has 1 saturated heterocycles. The summed E-state index contributed by atoms with van der Waals surface area (Å²) < 4.78 is 10.0. The maximum atomic E-state index is 13.0. The summed E-state index contributed by atoms with van der Waals surface area (Å²) in [6, 6.07) is 5.31. The minimum atomic E-state index is -0.501. The predicted octanol–water partition coefficient (Wildman–Crippen LogP) is 2.84. The van der Waals surface area contributed by atoms with Crippen LogP contribution >= 0.6 is 11.3 Å². The topological polar surface area (TPSA) is 88.9 Å². The summed E-state index contributed by atoms with van der Waals surface area (Å²) in [5, 5.41) is 2.53. The first-order valence-corrected chi connectivity index (χ1v) is 9.55. The molecule has 1 N–H and O–H groups in total. The van der Waals surface area contributed by atoms with Crippen molar-refractivity contribution in [3.63, 3.8) is 0 Å². The number of nitrogens with zero attached hydrogens (tertiary/aromatic N) is 1. The highest BCUT2D eigenvalue weighted by molar-refractivity contribution is 7.14. The minimum Gasteiger partial charge on any atom is -0.468 e. The van der Waals surface area contributed by atoms with E-state index in [9.17, 15) is 14.4 Å². The molecule has 3 rings (SSSR count). The highest BCUT2D eigenvalue weighted by Crippen LogP contribution is 2.37. The number of carbonyl (C=O) groups excluding carboxylic acids is 3. The number of likely N-dealkylation sites (tertiary alicyclic amines) is 1. The van der Waals surface area contributed by atoms with Crippen LogP contribution in [0.4, 0.5) is 0 Å². The molecule has 0 radical (unpaired) electrons. The summed E-state index contributed by atoms with van der Waals surface area (Å²) in [5.74, 6) is 0.466. The smallest absolute Gasteiger partial charge is 0.325 e. The van der Waals surface area contributed by atoms with Crippen molar-refractivity contribution in [3.8, 4) is 0 Å². The van der Waals surface area contributed by atoms with E-state index in [1.54, 1.807) is 19.1 Å². The molecule has 1 aliphatic rings. The molecule has 1 atom stereocenters. The fourth-order valence-corrected chi connectivity index (χ4v) is 4.34. The van der Waals surface area contributed by atoms with Gasteiger partial charge in [0.25, 0.3) is 11.8 Å². The molecule has 1 fully saturated rings. The molecular formula is C19H22N2O5S. The number of rotatable bonds is 5. The minimum absolute atomic E-state index is 0.0445. The van der Waals surface area contributed by atoms with Crippen LogP contribution in [0.2, 0.25) is 0 Å². The van der Waals surface area contributed by atoms with Gasteiger partial charge in [-0.25, -0.2) is 0 Å². The average molecular weight is 390 g/mol. The molecule has 2 aromatic rings. The lowest BCUT2D eigenvalue weighted by atomic mass is 10.1. The monoisotopic (exact) mass is 390 g/mol. The highest BCUT2D eigenvalue weighted by Gasteiger charge is 2.33. The zero-order chi connectivity index (χ0) is 19.6. The van der Waals surface area contributed by atoms with Gasteiger partial charge in [-0.3, -0.25) is 14.4 Å². The lowest BCUT2D eigenvalue weighted by Gasteiger charge is -2.23. The SMILES string of the molecule is COC(=O)CNC(=O)c1ccc(C2CCCN2C(=O)c2cc(C)oc2C)s1. The Labute approximate surface area is 161 Å². The molecule has 1 unspecified atom stereocenters. The van der Waals surface area contributed by atoms with Crippen molar-refractivity contribution < 1.29 is 23.5 Å². The molecule has 0 aliphatic carbocycles. The number of ether oxygens (including phenoxy) is 1. The van der Waals surface area contributed by atoms with E-state index in [1.807, 2.05) is 17.9 Å². The zero-order valence-electron chi connectivity index (χ0n) is 15.5. The number of methoxy groups -OCH3 is 1. The molecule has 1 aliphatic heterocycles. The number of hydrogen-bond acceptors (Lipinski definition) is 6. The second-order valence-corrected chi connectivity index (χ2v) is 7.56. The van der Waals surface area contributed by atoms with Crippen molar-refractivity contribution in [3.05, 3.63) is 45.0 Å². The van der Waals surface area contributed by atoms with Crippen molar-refractivity contribution in [1.29, 1.82) is 0 Å². The van der Waals surface area contributed by atoms with Gasteiger partial charge < -0.3 is 19.4 Å². The molecule has 2 amide bonds. The molecule has 7 nitrogen and oxygen atoms in total. The van der Waals surface area contributed by atoms with E-state index in [-0.39, 0.29) is 24.4 Å². The van der Waals surface area contributed by atoms with Crippen LogP contribution in [0.3, 0.4) is 0 Å². The molecule has 27 heavy (non-hydrogen) atoms. The molecule has 0 aromatic carbocycles. The van der Waals surface area contributed by atoms with Gasteiger partial charge >= 0.3 is 5.97 Å². The van der Waals surface area contributed by atoms with Gasteiger partial charge in [-0.1, -0.05) is 0 Å². The van der Waals surface area contributed by atoms with Gasteiger partial charge in [0, 0.05) is 11.4 Å². The van der Waals surface area contributed by atoms with Crippen LogP contribution < -0.4 is 5.32 Å². The van der Waals surface area contributed by atoms with E-state index in [2.05, 4.69) is 10.1 Å². The number of nitrogens with one attached hydrogen (secondary N) is 1. The number of amides is 2. The third-order valence-corrected chi connectivity index (χ3v) is 5.77. The summed E-state index contributed by atoms with van der Waals surface area (Å²) in [4.78, 5) is 39.6. The van der Waals surface area contributed by atoms with Crippen molar-refractivity contribution in [2.24, 2.45) is 0 Å². The number of hydrogen-bond donors (Lipinski definition) is 1. The second-order valence-electron chi connectivity index (χ2n) is 6.44. The maximum absolute atomic E-state index is 13.0. The fraction of sp³-hybridized carbons (Fsp3) is 0.421. The number of esters is 1. The van der Waals surface area contributed by atoms with Crippen LogP contribution in [0.25, 0.3) is 0 Å². The first kappa shape index (κ1) is 19.2. The lowest BCUT2D eigenvalue weighted by molar-refractivity contribution is -0.139. The Balaban J connectivity index is 1.73. The summed E-state index contributed by atoms with van der Waals surface area (Å²) in [6.07, 6.45) is 1.76. The molecular weight excluding hydrogens is 368 g/mol. The van der Waals surface area contributed by atoms with Crippen molar-refractivity contribution in [2.45, 2.75) is 32.7 Å². The third kappa shape index (κ3) is 4.05. The standard InChI is InChI=1S/C19H22N2O5S/c1-11-9-13(12(2)26-11)19(24)21-8-4-5-14(21)15-6-7-16(27-15)18(23)20-10-17(22)25-3/h6-7,9,14H,4-5,8,10H2,1-3H3,(H,20,23). The van der Waals surface area contributed by atoms with Crippen LogP contribution in [0.5, 0.6) is 0 Å². The van der Waals surface area contributed by atoms with Gasteiger partial charge in [-0.05, 0) is 44.9 Å². The Hall–Kier alpha value is -2.61. The molecule has 2 aromatic heterocycles. The Morgan fingerprint density at radius 2 is 2.11 bits per heavy atom. The van der Waals surface area contributed by atoms with E-state index in [0.29, 0.717) is 28.5 Å². The Kier molecular flexibility index (Phi) is 5.65. The van der Waals surface area contributed by atoms with Crippen LogP contribution in [0, 0.1) is 13.8 Å². The quantitative estimate of drug-likeness (QED) is 0.793. The molecule has 0 spiro atoms. The first-order valence-electron chi connectivity index (χ1n) is 8.73. The van der Waals surface area contributed by atoms with E-state index in [0.717, 1.165) is 17.7 Å². The predicted molar refractivity (Wildman–Crippen MR) is 99.9 cm³/mol. The van der Waals surface area contributed by atoms with Crippen molar-refractivity contribution in [2.75, 3.05) is 20.2 Å². The Bertz CT molecular complexity index is 869. The second kappa shape index (κ2) is 7.96. The van der Waals surface area contributed by atoms with Gasteiger partial charge in [0.2, 0.25) is 0 Å². The van der Waals surface area contributed by atoms with Gasteiger partial charge in [0.1, 0.15) is 18.1 Å². The molecule has 144 valence electrons. The summed E-state index contributed by atoms with van der Waals surface area (Å²) in [7, 11) is 1.27. The van der Waals surface area contributed by atoms with E-state index >= 15 is 0 Å². The van der Waals surface area contributed by atoms with Gasteiger partial charge in [0.05, 0.1) is 23.6 Å². The van der Waals surface area contributed by atoms with Gasteiger partial charge in [-0.15, -0.1) is 11.3 Å². The molecule has 0 saturated carbocycles. The molecule has 8 heteroatoms. The van der Waals surface area contributed by atoms with Crippen LogP contribution in [0.1, 0.15) is 55.3 Å². The van der Waals surface area contributed by atoms with E-state index < -0.39 is 5.97 Å². The average Bonchev–Trinajstić information content (AvgIpc) is 3.37. The van der Waals surface area contributed by atoms with Crippen LogP contribution in [-0.4, -0.2) is 42.9 Å². The van der Waals surface area contributed by atoms with Gasteiger partial charge in [0.15, 0.2) is 0 Å². The Morgan fingerprint density at radius 1 is 1.33 bits per heavy atom. The number of thiophene rings is 1. The third-order valence-electron chi connectivity index (χ3n) is 4.58. The summed E-state index contributed by atoms with van der Waals surface area (Å²) in [5.41, 5.74) is 0.590. The van der Waals surface area contributed by atoms with Crippen molar-refractivity contribution in [1.82, 2.24) is 10.2 Å². The van der Waals surface area contributed by atoms with E-state index in [1.165, 1.54) is 18.4 Å². The fourth-order valence-electron chi connectivity index (χ4n) is 3.27. The largest absolute Gasteiger partial charge is 0.468 e. The first-order chi connectivity index (χ1) is 12.9. The Morgan fingerprint density at radius 3 is 2.78 bits per heavy atom. The summed E-state index contributed by atoms with van der Waals surface area (Å²) >= 11 is 1.34. The normalized spacial score (nSPS) is 16.4. The molecule has 0 bridgehead atoms. The van der Waals surface area contributed by atoms with Crippen LogP contribution in [-0.2, 0) is 9.53 Å². The zero-order valence-corrected chi connectivity index (χ0v) is 16.4. The molecule has 3 heterocycles. The number of furan rings is 1. The van der Waals surface area contributed by atoms with Crippen molar-refractivity contribution >= 4 is 29.1 Å². The maximum Gasteiger partial charge on any atom is 0.325 e.